The number of alkyl halides is 2. The Bertz CT molecular complexity index is 57.9. The predicted octanol–water partition coefficient (Wildman–Crippen LogP) is -1.36. The first-order valence-electron chi connectivity index (χ1n) is 1.42. The van der Waals surface area contributed by atoms with Gasteiger partial charge < -0.3 is 12.9 Å². The van der Waals surface area contributed by atoms with E-state index in [-0.39, 0.29) is 51.4 Å². The first-order valence-corrected chi connectivity index (χ1v) is 1.42. The molecule has 0 amide bonds. The zero-order valence-electron chi connectivity index (χ0n) is 4.04. The van der Waals surface area contributed by atoms with Gasteiger partial charge in [0.2, 0.25) is 6.32 Å². The zero-order chi connectivity index (χ0) is 6.08. The Labute approximate surface area is 85.3 Å². The van der Waals surface area contributed by atoms with Crippen molar-refractivity contribution in [3.8, 4) is 0 Å². The Morgan fingerprint density at radius 3 is 1.12 bits per heavy atom. The second-order valence-electron chi connectivity index (χ2n) is 0.960. The van der Waals surface area contributed by atoms with Crippen LogP contribution in [-0.4, -0.2) is 13.3 Å². The van der Waals surface area contributed by atoms with Crippen molar-refractivity contribution in [3.63, 3.8) is 0 Å². The third-order valence-corrected chi connectivity index (χ3v) is 0.286. The summed E-state index contributed by atoms with van der Waals surface area (Å²) in [5, 5.41) is 0. The zero-order valence-corrected chi connectivity index (χ0v) is 7.17. The number of hydrogen-bond donors (Lipinski definition) is 0. The summed E-state index contributed by atoms with van der Waals surface area (Å²) in [5.74, 6) is 0. The van der Waals surface area contributed by atoms with Gasteiger partial charge in [-0.25, -0.2) is 8.78 Å². The van der Waals surface area contributed by atoms with Crippen molar-refractivity contribution >= 4 is 6.98 Å². The molecule has 0 radical (unpaired) electrons. The average Bonchev–Trinajstić information content (AvgIpc) is 1.31. The molecule has 8 heavy (non-hydrogen) atoms. The van der Waals surface area contributed by atoms with E-state index >= 15 is 0 Å². The molecule has 0 spiro atoms. The van der Waals surface area contributed by atoms with Gasteiger partial charge in [-0.05, 0) is 0 Å². The van der Waals surface area contributed by atoms with Crippen LogP contribution < -0.4 is 51.4 Å². The SMILES string of the molecule is FC(F)[B-](F)(F)F.[K+]. The van der Waals surface area contributed by atoms with Gasteiger partial charge in [0.1, 0.15) is 0 Å². The van der Waals surface area contributed by atoms with Crippen LogP contribution in [0.15, 0.2) is 0 Å². The van der Waals surface area contributed by atoms with E-state index in [0.29, 0.717) is 0 Å². The molecule has 0 N–H and O–H groups in total. The topological polar surface area (TPSA) is 0 Å². The maximum atomic E-state index is 10.5. The molecule has 0 aromatic rings. The molecule has 0 aliphatic carbocycles. The van der Waals surface area contributed by atoms with Gasteiger partial charge >= 0.3 is 58.4 Å². The molecule has 0 unspecified atom stereocenters. The smallest absolute Gasteiger partial charge is 0.445 e. The van der Waals surface area contributed by atoms with Crippen LogP contribution in [0.4, 0.5) is 21.7 Å². The minimum absolute atomic E-state index is 0. The fraction of sp³-hybridized carbons (Fsp3) is 1.00. The summed E-state index contributed by atoms with van der Waals surface area (Å²) in [6.45, 7) is -5.89. The van der Waals surface area contributed by atoms with Crippen LogP contribution in [0.1, 0.15) is 0 Å². The molecule has 0 atom stereocenters. The number of rotatable bonds is 1. The van der Waals surface area contributed by atoms with E-state index in [0.717, 1.165) is 0 Å². The summed E-state index contributed by atoms with van der Waals surface area (Å²) >= 11 is 0. The van der Waals surface area contributed by atoms with Crippen LogP contribution in [0.5, 0.6) is 0 Å². The molecule has 0 aliphatic heterocycles. The van der Waals surface area contributed by atoms with Crippen LogP contribution in [0.3, 0.4) is 0 Å². The Balaban J connectivity index is 0. The third-order valence-electron chi connectivity index (χ3n) is 0.286. The van der Waals surface area contributed by atoms with Crippen molar-refractivity contribution < 1.29 is 73.1 Å². The molecule has 0 rings (SSSR count). The Kier molecular flexibility index (Phi) is 6.35. The molecular weight excluding hydrogens is 157 g/mol. The summed E-state index contributed by atoms with van der Waals surface area (Å²) in [7, 11) is 0. The van der Waals surface area contributed by atoms with E-state index in [1.807, 2.05) is 0 Å². The molecule has 0 bridgehead atoms. The molecule has 0 aromatic carbocycles. The van der Waals surface area contributed by atoms with Crippen LogP contribution in [-0.2, 0) is 0 Å². The molecular formula is CHBF5K. The molecule has 0 saturated heterocycles. The number of hydrogen-bond acceptors (Lipinski definition) is 0. The van der Waals surface area contributed by atoms with Gasteiger partial charge in [-0.2, -0.15) is 0 Å². The molecule has 7 heteroatoms. The van der Waals surface area contributed by atoms with Gasteiger partial charge in [0, 0.05) is 0 Å². The fourth-order valence-electron chi connectivity index (χ4n) is 0. The van der Waals surface area contributed by atoms with Crippen molar-refractivity contribution in [1.82, 2.24) is 0 Å². The van der Waals surface area contributed by atoms with E-state index in [1.165, 1.54) is 0 Å². The summed E-state index contributed by atoms with van der Waals surface area (Å²) in [6, 6.07) is 0. The van der Waals surface area contributed by atoms with Gasteiger partial charge in [0.15, 0.2) is 0 Å². The average molecular weight is 158 g/mol. The van der Waals surface area contributed by atoms with Crippen molar-refractivity contribution in [2.75, 3.05) is 0 Å². The minimum Gasteiger partial charge on any atom is -0.445 e. The van der Waals surface area contributed by atoms with Crippen LogP contribution in [0.25, 0.3) is 0 Å². The first kappa shape index (κ1) is 12.1. The largest absolute Gasteiger partial charge is 1.00 e. The quantitative estimate of drug-likeness (QED) is 0.326. The Morgan fingerprint density at radius 1 is 1.00 bits per heavy atom. The van der Waals surface area contributed by atoms with Crippen molar-refractivity contribution in [2.24, 2.45) is 0 Å². The summed E-state index contributed by atoms with van der Waals surface area (Å²) in [4.78, 5) is 0. The van der Waals surface area contributed by atoms with E-state index in [9.17, 15) is 21.7 Å². The Morgan fingerprint density at radius 2 is 1.12 bits per heavy atom. The van der Waals surface area contributed by atoms with Gasteiger partial charge in [-0.1, -0.05) is 0 Å². The van der Waals surface area contributed by atoms with Crippen molar-refractivity contribution in [2.45, 2.75) is 6.32 Å². The second-order valence-corrected chi connectivity index (χ2v) is 0.960. The maximum absolute atomic E-state index is 10.5. The molecule has 0 aliphatic rings. The van der Waals surface area contributed by atoms with E-state index in [4.69, 9.17) is 0 Å². The molecule has 0 saturated carbocycles. The molecule has 0 nitrogen and oxygen atoms in total. The Hall–Kier alpha value is 1.35. The summed E-state index contributed by atoms with van der Waals surface area (Å²) in [5.41, 5.74) is 0. The van der Waals surface area contributed by atoms with Gasteiger partial charge in [-0.15, -0.1) is 0 Å². The number of halogens is 5. The van der Waals surface area contributed by atoms with Crippen LogP contribution in [0, 0.1) is 0 Å². The molecule has 0 aromatic heterocycles. The van der Waals surface area contributed by atoms with Crippen molar-refractivity contribution in [1.29, 1.82) is 0 Å². The standard InChI is InChI=1S/CHBF5.K/c3-1(4)2(5,6)7;/h1H;/q-1;+1. The summed E-state index contributed by atoms with van der Waals surface area (Å²) < 4.78 is 52.4. The fourth-order valence-corrected chi connectivity index (χ4v) is 0. The summed E-state index contributed by atoms with van der Waals surface area (Å²) in [6.07, 6.45) is -4.14. The van der Waals surface area contributed by atoms with Crippen LogP contribution >= 0.6 is 0 Å². The predicted molar refractivity (Wildman–Crippen MR) is 15.1 cm³/mol. The minimum atomic E-state index is -5.89. The molecule has 44 valence electrons. The second kappa shape index (κ2) is 4.21. The van der Waals surface area contributed by atoms with Gasteiger partial charge in [-0.3, -0.25) is 0 Å². The third kappa shape index (κ3) is 5.49. The molecule has 0 fully saturated rings. The monoisotopic (exact) mass is 158 g/mol. The first-order chi connectivity index (χ1) is 2.94. The normalized spacial score (nSPS) is 11.2. The maximum Gasteiger partial charge on any atom is 1.00 e. The van der Waals surface area contributed by atoms with Crippen molar-refractivity contribution in [3.05, 3.63) is 0 Å². The molecule has 0 heterocycles. The van der Waals surface area contributed by atoms with Gasteiger partial charge in [0.05, 0.1) is 0 Å². The van der Waals surface area contributed by atoms with Gasteiger partial charge in [0.25, 0.3) is 0 Å². The van der Waals surface area contributed by atoms with Crippen LogP contribution in [0.2, 0.25) is 0 Å². The van der Waals surface area contributed by atoms with E-state index < -0.39 is 13.3 Å². The van der Waals surface area contributed by atoms with E-state index in [1.54, 1.807) is 0 Å². The van der Waals surface area contributed by atoms with E-state index in [2.05, 4.69) is 0 Å².